The maximum absolute atomic E-state index is 13.1. The van der Waals surface area contributed by atoms with Crippen molar-refractivity contribution in [3.63, 3.8) is 0 Å². The highest BCUT2D eigenvalue weighted by Crippen LogP contribution is 2.35. The third kappa shape index (κ3) is 4.32. The number of anilines is 1. The molecule has 32 heavy (non-hydrogen) atoms. The van der Waals surface area contributed by atoms with Gasteiger partial charge in [0.1, 0.15) is 16.6 Å². The fourth-order valence-electron chi connectivity index (χ4n) is 4.20. The van der Waals surface area contributed by atoms with Gasteiger partial charge in [0.2, 0.25) is 5.91 Å². The first-order valence-electron chi connectivity index (χ1n) is 10.6. The number of hydrogen-bond donors (Lipinski definition) is 1. The van der Waals surface area contributed by atoms with E-state index in [0.29, 0.717) is 48.6 Å². The molecule has 1 saturated heterocycles. The number of aryl methyl sites for hydroxylation is 2. The van der Waals surface area contributed by atoms with Crippen LogP contribution in [-0.2, 0) is 14.8 Å². The lowest BCUT2D eigenvalue weighted by molar-refractivity contribution is -0.120. The van der Waals surface area contributed by atoms with Gasteiger partial charge in [0.05, 0.1) is 0 Å². The van der Waals surface area contributed by atoms with Gasteiger partial charge in [-0.25, -0.2) is 4.39 Å². The number of halogens is 1. The number of rotatable bonds is 3. The molecule has 0 bridgehead atoms. The number of benzene rings is 2. The van der Waals surface area contributed by atoms with Crippen LogP contribution >= 0.6 is 0 Å². The van der Waals surface area contributed by atoms with Crippen LogP contribution in [0.3, 0.4) is 0 Å². The molecule has 0 aromatic heterocycles. The van der Waals surface area contributed by atoms with Crippen molar-refractivity contribution in [2.45, 2.75) is 33.6 Å². The van der Waals surface area contributed by atoms with Gasteiger partial charge in [-0.05, 0) is 74.6 Å². The largest absolute Gasteiger partial charge is 0.356 e. The molecule has 0 radical (unpaired) electrons. The highest BCUT2D eigenvalue weighted by Gasteiger charge is 2.35. The summed E-state index contributed by atoms with van der Waals surface area (Å²) in [6, 6.07) is 11.3. The van der Waals surface area contributed by atoms with Crippen LogP contribution in [0.2, 0.25) is 0 Å². The van der Waals surface area contributed by atoms with Crippen LogP contribution in [0, 0.1) is 25.6 Å². The monoisotopic (exact) mass is 455 g/mol. The number of likely N-dealkylation sites (tertiary alicyclic amines) is 1. The van der Waals surface area contributed by atoms with E-state index in [0.717, 1.165) is 11.1 Å². The lowest BCUT2D eigenvalue weighted by Gasteiger charge is -2.32. The van der Waals surface area contributed by atoms with Crippen molar-refractivity contribution in [2.24, 2.45) is 10.3 Å². The quantitative estimate of drug-likeness (QED) is 0.750. The molecule has 1 amide bonds. The first-order valence-corrected chi connectivity index (χ1v) is 12.0. The van der Waals surface area contributed by atoms with E-state index in [2.05, 4.69) is 9.71 Å². The summed E-state index contributed by atoms with van der Waals surface area (Å²) in [4.78, 5) is 14.8. The lowest BCUT2D eigenvalue weighted by atomic mass is 9.95. The van der Waals surface area contributed by atoms with Crippen LogP contribution in [0.25, 0.3) is 4.91 Å². The van der Waals surface area contributed by atoms with Crippen LogP contribution in [0.5, 0.6) is 0 Å². The van der Waals surface area contributed by atoms with Crippen molar-refractivity contribution in [3.8, 4) is 0 Å². The number of nitrogens with zero attached hydrogens (tertiary/aromatic N) is 2. The Bertz CT molecular complexity index is 1230. The van der Waals surface area contributed by atoms with E-state index in [1.54, 1.807) is 6.92 Å². The van der Waals surface area contributed by atoms with E-state index in [4.69, 9.17) is 0 Å². The SMILES string of the molecule is CC1=C(c2ccc(C)c(C)c2)S(=O)(=O)N=C1N1CCC(C(=O)Nc2ccc(F)cc2)CC1. The Morgan fingerprint density at radius 1 is 1.03 bits per heavy atom. The molecule has 8 heteroatoms. The van der Waals surface area contributed by atoms with Crippen LogP contribution in [-0.4, -0.2) is 38.2 Å². The minimum atomic E-state index is -3.78. The van der Waals surface area contributed by atoms with E-state index >= 15 is 0 Å². The van der Waals surface area contributed by atoms with Crippen molar-refractivity contribution in [2.75, 3.05) is 18.4 Å². The molecule has 2 aromatic rings. The van der Waals surface area contributed by atoms with E-state index < -0.39 is 10.0 Å². The highest BCUT2D eigenvalue weighted by molar-refractivity contribution is 8.00. The second kappa shape index (κ2) is 8.50. The van der Waals surface area contributed by atoms with Gasteiger partial charge in [0.25, 0.3) is 10.0 Å². The third-order valence-corrected chi connectivity index (χ3v) is 7.66. The van der Waals surface area contributed by atoms with Gasteiger partial charge in [0, 0.05) is 30.3 Å². The lowest BCUT2D eigenvalue weighted by Crippen LogP contribution is -2.41. The van der Waals surface area contributed by atoms with Gasteiger partial charge >= 0.3 is 0 Å². The Balaban J connectivity index is 1.47. The van der Waals surface area contributed by atoms with Gasteiger partial charge in [-0.3, -0.25) is 4.79 Å². The Hall–Kier alpha value is -3.00. The topological polar surface area (TPSA) is 78.8 Å². The van der Waals surface area contributed by atoms with Crippen LogP contribution in [0.4, 0.5) is 10.1 Å². The second-order valence-electron chi connectivity index (χ2n) is 8.40. The summed E-state index contributed by atoms with van der Waals surface area (Å²) >= 11 is 0. The molecule has 4 rings (SSSR count). The first kappa shape index (κ1) is 22.2. The molecule has 0 spiro atoms. The summed E-state index contributed by atoms with van der Waals surface area (Å²) in [5.41, 5.74) is 3.98. The molecular weight excluding hydrogens is 429 g/mol. The summed E-state index contributed by atoms with van der Waals surface area (Å²) in [5, 5.41) is 2.82. The summed E-state index contributed by atoms with van der Waals surface area (Å²) in [6.45, 7) is 6.81. The molecule has 2 aromatic carbocycles. The molecule has 0 aliphatic carbocycles. The standard InChI is InChI=1S/C24H26FN3O3S/c1-15-4-5-19(14-16(15)2)22-17(3)23(27-32(22,30)31)28-12-10-18(11-13-28)24(29)26-21-8-6-20(25)7-9-21/h4-9,14,18H,10-13H2,1-3H3,(H,26,29). The van der Waals surface area contributed by atoms with Crippen molar-refractivity contribution in [1.82, 2.24) is 4.90 Å². The summed E-state index contributed by atoms with van der Waals surface area (Å²) in [6.07, 6.45) is 1.16. The number of amidine groups is 1. The van der Waals surface area contributed by atoms with E-state index in [9.17, 15) is 17.6 Å². The maximum atomic E-state index is 13.1. The minimum absolute atomic E-state index is 0.111. The molecule has 6 nitrogen and oxygen atoms in total. The van der Waals surface area contributed by atoms with E-state index in [1.165, 1.54) is 24.3 Å². The van der Waals surface area contributed by atoms with Gasteiger partial charge in [0.15, 0.2) is 0 Å². The van der Waals surface area contributed by atoms with Crippen molar-refractivity contribution >= 4 is 32.4 Å². The summed E-state index contributed by atoms with van der Waals surface area (Å²) < 4.78 is 42.9. The zero-order valence-corrected chi connectivity index (χ0v) is 19.2. The van der Waals surface area contributed by atoms with E-state index in [1.807, 2.05) is 36.9 Å². The average molecular weight is 456 g/mol. The third-order valence-electron chi connectivity index (χ3n) is 6.19. The fraction of sp³-hybridized carbons (Fsp3) is 0.333. The molecule has 0 atom stereocenters. The van der Waals surface area contributed by atoms with Crippen LogP contribution in [0.15, 0.2) is 52.4 Å². The second-order valence-corrected chi connectivity index (χ2v) is 9.94. The summed E-state index contributed by atoms with van der Waals surface area (Å²) in [7, 11) is -3.78. The molecular formula is C24H26FN3O3S. The average Bonchev–Trinajstić information content (AvgIpc) is 3.00. The minimum Gasteiger partial charge on any atom is -0.356 e. The van der Waals surface area contributed by atoms with Crippen molar-refractivity contribution in [1.29, 1.82) is 0 Å². The zero-order chi connectivity index (χ0) is 23.0. The Morgan fingerprint density at radius 2 is 1.69 bits per heavy atom. The molecule has 2 heterocycles. The predicted octanol–water partition coefficient (Wildman–Crippen LogP) is 4.27. The number of piperidine rings is 1. The first-order chi connectivity index (χ1) is 15.2. The van der Waals surface area contributed by atoms with Crippen molar-refractivity contribution in [3.05, 3.63) is 70.5 Å². The number of amides is 1. The molecule has 2 aliphatic heterocycles. The molecule has 1 N–H and O–H groups in total. The van der Waals surface area contributed by atoms with Gasteiger partial charge < -0.3 is 10.2 Å². The van der Waals surface area contributed by atoms with Gasteiger partial charge in [-0.1, -0.05) is 18.2 Å². The highest BCUT2D eigenvalue weighted by atomic mass is 32.2. The summed E-state index contributed by atoms with van der Waals surface area (Å²) in [5.74, 6) is -0.193. The maximum Gasteiger partial charge on any atom is 0.285 e. The normalized spacial score (nSPS) is 18.6. The molecule has 1 fully saturated rings. The smallest absolute Gasteiger partial charge is 0.285 e. The Kier molecular flexibility index (Phi) is 5.90. The van der Waals surface area contributed by atoms with Gasteiger partial charge in [-0.15, -0.1) is 4.40 Å². The van der Waals surface area contributed by atoms with Gasteiger partial charge in [-0.2, -0.15) is 8.42 Å². The number of nitrogens with one attached hydrogen (secondary N) is 1. The molecule has 0 saturated carbocycles. The zero-order valence-electron chi connectivity index (χ0n) is 18.4. The molecule has 2 aliphatic rings. The van der Waals surface area contributed by atoms with Crippen molar-refractivity contribution < 1.29 is 17.6 Å². The number of carbonyl (C=O) groups is 1. The van der Waals surface area contributed by atoms with Crippen LogP contribution in [0.1, 0.15) is 36.5 Å². The van der Waals surface area contributed by atoms with Crippen LogP contribution < -0.4 is 5.32 Å². The number of sulfonamides is 1. The fourth-order valence-corrected chi connectivity index (χ4v) is 5.67. The Morgan fingerprint density at radius 3 is 2.31 bits per heavy atom. The molecule has 168 valence electrons. The Labute approximate surface area is 187 Å². The predicted molar refractivity (Wildman–Crippen MR) is 124 cm³/mol. The number of carbonyl (C=O) groups excluding carboxylic acids is 1. The number of hydrogen-bond acceptors (Lipinski definition) is 4. The van der Waals surface area contributed by atoms with E-state index in [-0.39, 0.29) is 22.5 Å². The molecule has 0 unspecified atom stereocenters.